The Bertz CT molecular complexity index is 1080. The number of nitrogens with zero attached hydrogens (tertiary/aromatic N) is 3. The van der Waals surface area contributed by atoms with Crippen LogP contribution < -0.4 is 5.63 Å². The first-order valence-corrected chi connectivity index (χ1v) is 8.88. The standard InChI is InChI=1S/C20H19N3O4/c1-22-10-8-21-18(22)17(24)14-6-4-9-23(12-14)19(25)15-11-13-5-2-3-7-16(13)27-20(15)26/h2-3,5,7-8,10-11,14H,4,6,9,12H2,1H3. The predicted octanol–water partition coefficient (Wildman–Crippen LogP) is 2.26. The third-order valence-electron chi connectivity index (χ3n) is 4.99. The van der Waals surface area contributed by atoms with Crippen molar-refractivity contribution < 1.29 is 14.0 Å². The molecule has 0 aliphatic carbocycles. The van der Waals surface area contributed by atoms with Gasteiger partial charge in [0.1, 0.15) is 11.1 Å². The molecule has 0 saturated carbocycles. The molecule has 7 nitrogen and oxygen atoms in total. The second-order valence-electron chi connectivity index (χ2n) is 6.80. The number of likely N-dealkylation sites (tertiary alicyclic amines) is 1. The molecule has 3 aromatic rings. The highest BCUT2D eigenvalue weighted by molar-refractivity contribution is 5.98. The van der Waals surface area contributed by atoms with Crippen molar-refractivity contribution in [2.24, 2.45) is 13.0 Å². The van der Waals surface area contributed by atoms with Crippen LogP contribution in [0.3, 0.4) is 0 Å². The van der Waals surface area contributed by atoms with Crippen molar-refractivity contribution in [3.8, 4) is 0 Å². The molecule has 4 rings (SSSR count). The lowest BCUT2D eigenvalue weighted by Crippen LogP contribution is -2.44. The van der Waals surface area contributed by atoms with Gasteiger partial charge in [-0.2, -0.15) is 0 Å². The van der Waals surface area contributed by atoms with E-state index >= 15 is 0 Å². The van der Waals surface area contributed by atoms with Gasteiger partial charge in [0.05, 0.1) is 0 Å². The molecule has 1 aliphatic rings. The number of para-hydroxylation sites is 1. The van der Waals surface area contributed by atoms with Crippen molar-refractivity contribution in [1.82, 2.24) is 14.5 Å². The zero-order valence-corrected chi connectivity index (χ0v) is 14.9. The Labute approximate surface area is 155 Å². The van der Waals surface area contributed by atoms with Crippen LogP contribution in [0.5, 0.6) is 0 Å². The van der Waals surface area contributed by atoms with Gasteiger partial charge < -0.3 is 13.9 Å². The summed E-state index contributed by atoms with van der Waals surface area (Å²) >= 11 is 0. The molecule has 0 bridgehead atoms. The molecule has 1 fully saturated rings. The Morgan fingerprint density at radius 2 is 2.07 bits per heavy atom. The number of amides is 1. The SMILES string of the molecule is Cn1ccnc1C(=O)C1CCCN(C(=O)c2cc3ccccc3oc2=O)C1. The van der Waals surface area contributed by atoms with E-state index in [0.717, 1.165) is 0 Å². The number of hydrogen-bond donors (Lipinski definition) is 0. The minimum absolute atomic E-state index is 0.00112. The van der Waals surface area contributed by atoms with E-state index < -0.39 is 11.5 Å². The van der Waals surface area contributed by atoms with Gasteiger partial charge in [0.2, 0.25) is 5.78 Å². The van der Waals surface area contributed by atoms with E-state index in [1.165, 1.54) is 0 Å². The number of rotatable bonds is 3. The number of ketones is 1. The number of carbonyl (C=O) groups excluding carboxylic acids is 2. The van der Waals surface area contributed by atoms with E-state index in [2.05, 4.69) is 4.98 Å². The van der Waals surface area contributed by atoms with Crippen LogP contribution in [0.2, 0.25) is 0 Å². The van der Waals surface area contributed by atoms with Crippen LogP contribution in [0.4, 0.5) is 0 Å². The van der Waals surface area contributed by atoms with Crippen LogP contribution in [-0.2, 0) is 7.05 Å². The van der Waals surface area contributed by atoms with Crippen LogP contribution in [0.25, 0.3) is 11.0 Å². The average molecular weight is 365 g/mol. The Kier molecular flexibility index (Phi) is 4.35. The van der Waals surface area contributed by atoms with Gasteiger partial charge in [-0.3, -0.25) is 9.59 Å². The number of imidazole rings is 1. The fraction of sp³-hybridized carbons (Fsp3) is 0.300. The predicted molar refractivity (Wildman–Crippen MR) is 98.7 cm³/mol. The lowest BCUT2D eigenvalue weighted by Gasteiger charge is -2.31. The number of carbonyl (C=O) groups is 2. The van der Waals surface area contributed by atoms with Crippen molar-refractivity contribution >= 4 is 22.7 Å². The lowest BCUT2D eigenvalue weighted by molar-refractivity contribution is 0.0629. The Balaban J connectivity index is 1.59. The van der Waals surface area contributed by atoms with E-state index in [1.54, 1.807) is 53.2 Å². The van der Waals surface area contributed by atoms with E-state index in [0.29, 0.717) is 36.2 Å². The van der Waals surface area contributed by atoms with Crippen molar-refractivity contribution in [3.05, 3.63) is 64.5 Å². The molecule has 0 radical (unpaired) electrons. The van der Waals surface area contributed by atoms with Gasteiger partial charge in [-0.05, 0) is 25.0 Å². The van der Waals surface area contributed by atoms with Gasteiger partial charge in [-0.1, -0.05) is 18.2 Å². The molecular formula is C20H19N3O4. The number of piperidine rings is 1. The van der Waals surface area contributed by atoms with Gasteiger partial charge in [-0.25, -0.2) is 9.78 Å². The molecule has 1 saturated heterocycles. The Morgan fingerprint density at radius 3 is 2.85 bits per heavy atom. The number of fused-ring (bicyclic) bond motifs is 1. The quantitative estimate of drug-likeness (QED) is 0.525. The number of aromatic nitrogens is 2. The third-order valence-corrected chi connectivity index (χ3v) is 4.99. The lowest BCUT2D eigenvalue weighted by atomic mass is 9.93. The summed E-state index contributed by atoms with van der Waals surface area (Å²) < 4.78 is 6.95. The minimum Gasteiger partial charge on any atom is -0.422 e. The fourth-order valence-corrected chi connectivity index (χ4v) is 3.54. The molecule has 1 unspecified atom stereocenters. The second kappa shape index (κ2) is 6.83. The highest BCUT2D eigenvalue weighted by atomic mass is 16.4. The normalized spacial score (nSPS) is 17.2. The fourth-order valence-electron chi connectivity index (χ4n) is 3.54. The van der Waals surface area contributed by atoms with E-state index in [1.807, 2.05) is 6.07 Å². The van der Waals surface area contributed by atoms with Crippen LogP contribution in [-0.4, -0.2) is 39.2 Å². The molecule has 0 spiro atoms. The molecule has 1 amide bonds. The second-order valence-corrected chi connectivity index (χ2v) is 6.80. The summed E-state index contributed by atoms with van der Waals surface area (Å²) in [5.41, 5.74) is -0.212. The summed E-state index contributed by atoms with van der Waals surface area (Å²) in [7, 11) is 1.77. The van der Waals surface area contributed by atoms with Gasteiger partial charge in [-0.15, -0.1) is 0 Å². The summed E-state index contributed by atoms with van der Waals surface area (Å²) in [6.45, 7) is 0.784. The number of benzene rings is 1. The Morgan fingerprint density at radius 1 is 1.26 bits per heavy atom. The van der Waals surface area contributed by atoms with E-state index in [-0.39, 0.29) is 23.8 Å². The first-order chi connectivity index (χ1) is 13.0. The third kappa shape index (κ3) is 3.16. The van der Waals surface area contributed by atoms with Crippen LogP contribution in [0.1, 0.15) is 33.8 Å². The minimum atomic E-state index is -0.656. The summed E-state index contributed by atoms with van der Waals surface area (Å²) in [6.07, 6.45) is 4.70. The molecule has 1 atom stereocenters. The molecule has 1 aromatic carbocycles. The number of aryl methyl sites for hydroxylation is 1. The molecule has 0 N–H and O–H groups in total. The highest BCUT2D eigenvalue weighted by Gasteiger charge is 2.32. The molecular weight excluding hydrogens is 346 g/mol. The van der Waals surface area contributed by atoms with Crippen molar-refractivity contribution in [1.29, 1.82) is 0 Å². The van der Waals surface area contributed by atoms with Crippen molar-refractivity contribution in [2.45, 2.75) is 12.8 Å². The smallest absolute Gasteiger partial charge is 0.349 e. The first kappa shape index (κ1) is 17.2. The van der Waals surface area contributed by atoms with Crippen LogP contribution in [0.15, 0.2) is 51.9 Å². The van der Waals surface area contributed by atoms with Gasteiger partial charge in [0, 0.05) is 43.8 Å². The molecule has 1 aliphatic heterocycles. The monoisotopic (exact) mass is 365 g/mol. The number of Topliss-reactive ketones (excluding diaryl/α,β-unsaturated/α-hetero) is 1. The zero-order chi connectivity index (χ0) is 19.0. The summed E-state index contributed by atoms with van der Waals surface area (Å²) in [4.78, 5) is 43.6. The maximum atomic E-state index is 12.9. The largest absolute Gasteiger partial charge is 0.422 e. The highest BCUT2D eigenvalue weighted by Crippen LogP contribution is 2.22. The molecule has 3 heterocycles. The van der Waals surface area contributed by atoms with Crippen molar-refractivity contribution in [3.63, 3.8) is 0 Å². The van der Waals surface area contributed by atoms with Gasteiger partial charge in [0.25, 0.3) is 5.91 Å². The number of hydrogen-bond acceptors (Lipinski definition) is 5. The van der Waals surface area contributed by atoms with Gasteiger partial charge in [0.15, 0.2) is 5.82 Å². The van der Waals surface area contributed by atoms with E-state index in [4.69, 9.17) is 4.42 Å². The average Bonchev–Trinajstić information content (AvgIpc) is 3.12. The van der Waals surface area contributed by atoms with E-state index in [9.17, 15) is 14.4 Å². The molecule has 27 heavy (non-hydrogen) atoms. The molecule has 138 valence electrons. The maximum Gasteiger partial charge on any atom is 0.349 e. The molecule has 2 aromatic heterocycles. The van der Waals surface area contributed by atoms with Crippen LogP contribution >= 0.6 is 0 Å². The summed E-state index contributed by atoms with van der Waals surface area (Å²) in [6, 6.07) is 8.63. The summed E-state index contributed by atoms with van der Waals surface area (Å²) in [5.74, 6) is -0.409. The maximum absolute atomic E-state index is 12.9. The zero-order valence-electron chi connectivity index (χ0n) is 14.9. The van der Waals surface area contributed by atoms with Crippen LogP contribution in [0, 0.1) is 5.92 Å². The first-order valence-electron chi connectivity index (χ1n) is 8.88. The Hall–Kier alpha value is -3.22. The summed E-state index contributed by atoms with van der Waals surface area (Å²) in [5, 5.41) is 0.693. The van der Waals surface area contributed by atoms with Crippen molar-refractivity contribution in [2.75, 3.05) is 13.1 Å². The molecule has 7 heteroatoms. The van der Waals surface area contributed by atoms with Gasteiger partial charge >= 0.3 is 5.63 Å². The topological polar surface area (TPSA) is 85.4 Å².